The molecular weight excluding hydrogens is 228 g/mol. The van der Waals surface area contributed by atoms with Gasteiger partial charge in [-0.2, -0.15) is 11.8 Å². The topological polar surface area (TPSA) is 15.3 Å². The highest BCUT2D eigenvalue weighted by Crippen LogP contribution is 2.25. The van der Waals surface area contributed by atoms with Crippen LogP contribution in [0.5, 0.6) is 0 Å². The van der Waals surface area contributed by atoms with Crippen molar-refractivity contribution in [2.24, 2.45) is 11.8 Å². The molecule has 0 amide bonds. The fraction of sp³-hybridized carbons (Fsp3) is 1.00. The molecule has 2 heterocycles. The van der Waals surface area contributed by atoms with Gasteiger partial charge in [0.15, 0.2) is 0 Å². The lowest BCUT2D eigenvalue weighted by atomic mass is 10.0. The summed E-state index contributed by atoms with van der Waals surface area (Å²) in [6.45, 7) is 9.75. The second-order valence-corrected chi connectivity index (χ2v) is 7.26. The zero-order chi connectivity index (χ0) is 12.1. The number of nitrogens with zero attached hydrogens (tertiary/aromatic N) is 1. The molecule has 2 aliphatic rings. The maximum atomic E-state index is 3.58. The summed E-state index contributed by atoms with van der Waals surface area (Å²) in [6.07, 6.45) is 4.31. The van der Waals surface area contributed by atoms with E-state index in [0.29, 0.717) is 6.04 Å². The maximum Gasteiger partial charge on any atom is 0.00224 e. The summed E-state index contributed by atoms with van der Waals surface area (Å²) in [5, 5.41) is 3.58. The van der Waals surface area contributed by atoms with Crippen LogP contribution >= 0.6 is 11.8 Å². The smallest absolute Gasteiger partial charge is 0.00224 e. The molecule has 0 aliphatic carbocycles. The molecule has 3 heteroatoms. The third-order valence-electron chi connectivity index (χ3n) is 4.04. The average Bonchev–Trinajstić information content (AvgIpc) is 2.75. The summed E-state index contributed by atoms with van der Waals surface area (Å²) >= 11 is 2.14. The first-order valence-corrected chi connectivity index (χ1v) is 8.43. The van der Waals surface area contributed by atoms with Gasteiger partial charge >= 0.3 is 0 Å². The molecule has 0 aromatic carbocycles. The number of hydrogen-bond acceptors (Lipinski definition) is 3. The first kappa shape index (κ1) is 13.7. The van der Waals surface area contributed by atoms with Gasteiger partial charge in [-0.3, -0.25) is 0 Å². The third kappa shape index (κ3) is 4.80. The Bertz CT molecular complexity index is 214. The quantitative estimate of drug-likeness (QED) is 0.813. The van der Waals surface area contributed by atoms with Crippen molar-refractivity contribution in [2.75, 3.05) is 37.7 Å². The summed E-state index contributed by atoms with van der Waals surface area (Å²) in [5.41, 5.74) is 0. The minimum absolute atomic E-state index is 0.638. The minimum Gasteiger partial charge on any atom is -0.314 e. The Balaban J connectivity index is 1.63. The molecule has 2 saturated heterocycles. The van der Waals surface area contributed by atoms with Crippen LogP contribution in [0.3, 0.4) is 0 Å². The zero-order valence-electron chi connectivity index (χ0n) is 11.5. The van der Waals surface area contributed by atoms with E-state index in [1.807, 2.05) is 0 Å². The van der Waals surface area contributed by atoms with Crippen molar-refractivity contribution in [3.63, 3.8) is 0 Å². The summed E-state index contributed by atoms with van der Waals surface area (Å²) in [5.74, 6) is 4.69. The van der Waals surface area contributed by atoms with Gasteiger partial charge in [0.25, 0.3) is 0 Å². The van der Waals surface area contributed by atoms with E-state index in [-0.39, 0.29) is 0 Å². The Morgan fingerprint density at radius 3 is 2.65 bits per heavy atom. The fourth-order valence-electron chi connectivity index (χ4n) is 2.94. The molecule has 1 unspecified atom stereocenters. The Morgan fingerprint density at radius 2 is 1.94 bits per heavy atom. The molecule has 0 aromatic heterocycles. The molecule has 0 spiro atoms. The van der Waals surface area contributed by atoms with Gasteiger partial charge in [0, 0.05) is 19.1 Å². The van der Waals surface area contributed by atoms with Crippen LogP contribution in [0.1, 0.15) is 33.1 Å². The number of likely N-dealkylation sites (tertiary alicyclic amines) is 1. The number of thioether (sulfide) groups is 1. The highest BCUT2D eigenvalue weighted by molar-refractivity contribution is 7.99. The van der Waals surface area contributed by atoms with Gasteiger partial charge < -0.3 is 10.2 Å². The SMILES string of the molecule is CC(C)NCC1CCN(CC2CCSCC2)C1. The highest BCUT2D eigenvalue weighted by Gasteiger charge is 2.25. The maximum absolute atomic E-state index is 3.58. The van der Waals surface area contributed by atoms with Crippen molar-refractivity contribution in [3.8, 4) is 0 Å². The average molecular weight is 256 g/mol. The van der Waals surface area contributed by atoms with Crippen LogP contribution in [-0.2, 0) is 0 Å². The van der Waals surface area contributed by atoms with Crippen molar-refractivity contribution < 1.29 is 0 Å². The zero-order valence-corrected chi connectivity index (χ0v) is 12.3. The molecule has 0 aromatic rings. The molecule has 17 heavy (non-hydrogen) atoms. The molecule has 2 nitrogen and oxygen atoms in total. The van der Waals surface area contributed by atoms with E-state index in [1.165, 1.54) is 56.9 Å². The molecule has 100 valence electrons. The predicted molar refractivity (Wildman–Crippen MR) is 77.7 cm³/mol. The third-order valence-corrected chi connectivity index (χ3v) is 5.09. The first-order chi connectivity index (χ1) is 8.24. The Morgan fingerprint density at radius 1 is 1.18 bits per heavy atom. The van der Waals surface area contributed by atoms with Gasteiger partial charge in [0.2, 0.25) is 0 Å². The Hall–Kier alpha value is 0.270. The van der Waals surface area contributed by atoms with Gasteiger partial charge in [-0.05, 0) is 55.7 Å². The van der Waals surface area contributed by atoms with E-state index >= 15 is 0 Å². The van der Waals surface area contributed by atoms with Crippen molar-refractivity contribution in [2.45, 2.75) is 39.2 Å². The lowest BCUT2D eigenvalue weighted by Crippen LogP contribution is -2.33. The second-order valence-electron chi connectivity index (χ2n) is 6.03. The van der Waals surface area contributed by atoms with Crippen LogP contribution < -0.4 is 5.32 Å². The van der Waals surface area contributed by atoms with Crippen LogP contribution in [-0.4, -0.2) is 48.6 Å². The second kappa shape index (κ2) is 7.01. The van der Waals surface area contributed by atoms with Gasteiger partial charge in [-0.25, -0.2) is 0 Å². The van der Waals surface area contributed by atoms with Gasteiger partial charge in [0.05, 0.1) is 0 Å². The van der Waals surface area contributed by atoms with Gasteiger partial charge in [0.1, 0.15) is 0 Å². The summed E-state index contributed by atoms with van der Waals surface area (Å²) < 4.78 is 0. The lowest BCUT2D eigenvalue weighted by molar-refractivity contribution is 0.258. The largest absolute Gasteiger partial charge is 0.314 e. The van der Waals surface area contributed by atoms with E-state index in [2.05, 4.69) is 35.8 Å². The highest BCUT2D eigenvalue weighted by atomic mass is 32.2. The number of rotatable bonds is 5. The predicted octanol–water partition coefficient (Wildman–Crippen LogP) is 2.45. The molecule has 1 N–H and O–H groups in total. The Labute approximate surface area is 111 Å². The molecule has 2 rings (SSSR count). The summed E-state index contributed by atoms with van der Waals surface area (Å²) in [6, 6.07) is 0.638. The van der Waals surface area contributed by atoms with Crippen LogP contribution in [0.15, 0.2) is 0 Å². The number of hydrogen-bond donors (Lipinski definition) is 1. The van der Waals surface area contributed by atoms with Crippen LogP contribution in [0.25, 0.3) is 0 Å². The molecule has 2 aliphatic heterocycles. The number of nitrogens with one attached hydrogen (secondary N) is 1. The van der Waals surface area contributed by atoms with Crippen molar-refractivity contribution in [3.05, 3.63) is 0 Å². The van der Waals surface area contributed by atoms with Gasteiger partial charge in [-0.1, -0.05) is 13.8 Å². The van der Waals surface area contributed by atoms with E-state index in [0.717, 1.165) is 11.8 Å². The molecule has 2 fully saturated rings. The van der Waals surface area contributed by atoms with Crippen LogP contribution in [0.2, 0.25) is 0 Å². The van der Waals surface area contributed by atoms with Crippen molar-refractivity contribution >= 4 is 11.8 Å². The van der Waals surface area contributed by atoms with Crippen LogP contribution in [0.4, 0.5) is 0 Å². The normalized spacial score (nSPS) is 28.1. The first-order valence-electron chi connectivity index (χ1n) is 7.27. The molecule has 1 atom stereocenters. The molecule has 0 saturated carbocycles. The molecular formula is C14H28N2S. The summed E-state index contributed by atoms with van der Waals surface area (Å²) in [4.78, 5) is 2.72. The fourth-order valence-corrected chi connectivity index (χ4v) is 4.15. The summed E-state index contributed by atoms with van der Waals surface area (Å²) in [7, 11) is 0. The van der Waals surface area contributed by atoms with E-state index < -0.39 is 0 Å². The van der Waals surface area contributed by atoms with Crippen molar-refractivity contribution in [1.29, 1.82) is 0 Å². The van der Waals surface area contributed by atoms with Crippen LogP contribution in [0, 0.1) is 11.8 Å². The molecule has 0 bridgehead atoms. The molecule has 0 radical (unpaired) electrons. The Kier molecular flexibility index (Phi) is 5.64. The minimum atomic E-state index is 0.638. The van der Waals surface area contributed by atoms with E-state index in [4.69, 9.17) is 0 Å². The van der Waals surface area contributed by atoms with Gasteiger partial charge in [-0.15, -0.1) is 0 Å². The lowest BCUT2D eigenvalue weighted by Gasteiger charge is -2.26. The van der Waals surface area contributed by atoms with E-state index in [9.17, 15) is 0 Å². The monoisotopic (exact) mass is 256 g/mol. The standard InChI is InChI=1S/C14H28N2S/c1-12(2)15-9-14-3-6-16(11-14)10-13-4-7-17-8-5-13/h12-15H,3-11H2,1-2H3. The van der Waals surface area contributed by atoms with E-state index in [1.54, 1.807) is 0 Å². The van der Waals surface area contributed by atoms with Crippen molar-refractivity contribution in [1.82, 2.24) is 10.2 Å².